The van der Waals surface area contributed by atoms with Gasteiger partial charge in [0, 0.05) is 11.3 Å². The minimum atomic E-state index is -0.487. The number of carbonyl (C=O) groups is 1. The van der Waals surface area contributed by atoms with Gasteiger partial charge in [0.15, 0.2) is 22.5 Å². The van der Waals surface area contributed by atoms with E-state index in [1.807, 2.05) is 47.0 Å². The average Bonchev–Trinajstić information content (AvgIpc) is 3.28. The van der Waals surface area contributed by atoms with E-state index in [0.717, 1.165) is 11.3 Å². The van der Waals surface area contributed by atoms with Crippen molar-refractivity contribution in [1.82, 2.24) is 14.8 Å². The van der Waals surface area contributed by atoms with Gasteiger partial charge in [-0.25, -0.2) is 4.39 Å². The molecule has 0 saturated heterocycles. The summed E-state index contributed by atoms with van der Waals surface area (Å²) in [7, 11) is 3.14. The number of carbonyl (C=O) groups excluding carboxylic acids is 1. The molecule has 4 aromatic rings. The van der Waals surface area contributed by atoms with Gasteiger partial charge in [-0.2, -0.15) is 0 Å². The van der Waals surface area contributed by atoms with Crippen molar-refractivity contribution in [1.29, 1.82) is 0 Å². The number of amides is 1. The molecule has 9 heteroatoms. The Morgan fingerprint density at radius 2 is 1.70 bits per heavy atom. The van der Waals surface area contributed by atoms with Crippen LogP contribution < -0.4 is 14.8 Å². The van der Waals surface area contributed by atoms with Crippen LogP contribution in [0.25, 0.3) is 17.1 Å². The standard InChI is InChI=1S/C24H21FN4O3S/c1-31-20-13-12-16(14-21(20)32-2)23-27-28-24(29(23)17-8-4-3-5-9-17)33-15-22(30)26-19-11-7-6-10-18(19)25/h3-14H,15H2,1-2H3,(H,26,30). The predicted octanol–water partition coefficient (Wildman–Crippen LogP) is 4.82. The minimum Gasteiger partial charge on any atom is -0.493 e. The lowest BCUT2D eigenvalue weighted by atomic mass is 10.2. The molecule has 7 nitrogen and oxygen atoms in total. The lowest BCUT2D eigenvalue weighted by Crippen LogP contribution is -2.15. The second-order valence-electron chi connectivity index (χ2n) is 6.86. The van der Waals surface area contributed by atoms with Crippen LogP contribution in [0.2, 0.25) is 0 Å². The molecule has 1 N–H and O–H groups in total. The summed E-state index contributed by atoms with van der Waals surface area (Å²) in [4.78, 5) is 12.4. The van der Waals surface area contributed by atoms with E-state index in [1.165, 1.54) is 23.9 Å². The maximum absolute atomic E-state index is 13.8. The highest BCUT2D eigenvalue weighted by Gasteiger charge is 2.19. The average molecular weight is 465 g/mol. The van der Waals surface area contributed by atoms with Crippen molar-refractivity contribution in [2.45, 2.75) is 5.16 Å². The van der Waals surface area contributed by atoms with E-state index >= 15 is 0 Å². The molecular formula is C24H21FN4O3S. The first-order chi connectivity index (χ1) is 16.1. The van der Waals surface area contributed by atoms with E-state index < -0.39 is 5.82 Å². The normalized spacial score (nSPS) is 10.6. The second kappa shape index (κ2) is 10.2. The van der Waals surface area contributed by atoms with E-state index in [2.05, 4.69) is 15.5 Å². The van der Waals surface area contributed by atoms with Crippen molar-refractivity contribution < 1.29 is 18.7 Å². The third-order valence-corrected chi connectivity index (χ3v) is 5.70. The van der Waals surface area contributed by atoms with E-state index in [9.17, 15) is 9.18 Å². The van der Waals surface area contributed by atoms with Crippen molar-refractivity contribution in [3.05, 3.63) is 78.6 Å². The van der Waals surface area contributed by atoms with Crippen LogP contribution in [0, 0.1) is 5.82 Å². The monoisotopic (exact) mass is 464 g/mol. The van der Waals surface area contributed by atoms with Gasteiger partial charge in [-0.3, -0.25) is 9.36 Å². The number of halogens is 1. The number of nitrogens with one attached hydrogen (secondary N) is 1. The highest BCUT2D eigenvalue weighted by atomic mass is 32.2. The third kappa shape index (κ3) is 4.98. The summed E-state index contributed by atoms with van der Waals surface area (Å²) in [6, 6.07) is 21.1. The summed E-state index contributed by atoms with van der Waals surface area (Å²) in [5, 5.41) is 11.8. The van der Waals surface area contributed by atoms with Crippen LogP contribution in [0.3, 0.4) is 0 Å². The van der Waals surface area contributed by atoms with Crippen LogP contribution in [-0.2, 0) is 4.79 Å². The molecule has 0 aliphatic carbocycles. The molecule has 0 spiro atoms. The first-order valence-electron chi connectivity index (χ1n) is 10.0. The zero-order valence-electron chi connectivity index (χ0n) is 18.0. The van der Waals surface area contributed by atoms with Gasteiger partial charge in [0.1, 0.15) is 5.82 Å². The van der Waals surface area contributed by atoms with E-state index in [1.54, 1.807) is 32.4 Å². The Morgan fingerprint density at radius 1 is 0.970 bits per heavy atom. The molecule has 0 unspecified atom stereocenters. The number of nitrogens with zero attached hydrogens (tertiary/aromatic N) is 3. The Labute approximate surface area is 194 Å². The van der Waals surface area contributed by atoms with Gasteiger partial charge in [0.05, 0.1) is 25.7 Å². The molecule has 168 valence electrons. The molecule has 1 heterocycles. The summed E-state index contributed by atoms with van der Waals surface area (Å²) >= 11 is 1.21. The fourth-order valence-electron chi connectivity index (χ4n) is 3.21. The number of rotatable bonds is 8. The SMILES string of the molecule is COc1ccc(-c2nnc(SCC(=O)Nc3ccccc3F)n2-c2ccccc2)cc1OC. The van der Waals surface area contributed by atoms with Crippen LogP contribution in [0.4, 0.5) is 10.1 Å². The molecule has 0 aliphatic rings. The Bertz CT molecular complexity index is 1260. The number of ether oxygens (including phenoxy) is 2. The highest BCUT2D eigenvalue weighted by Crippen LogP contribution is 2.34. The van der Waals surface area contributed by atoms with E-state index in [0.29, 0.717) is 22.5 Å². The predicted molar refractivity (Wildman–Crippen MR) is 126 cm³/mol. The van der Waals surface area contributed by atoms with Gasteiger partial charge in [0.25, 0.3) is 0 Å². The maximum atomic E-state index is 13.8. The number of methoxy groups -OCH3 is 2. The lowest BCUT2D eigenvalue weighted by Gasteiger charge is -2.12. The molecule has 3 aromatic carbocycles. The van der Waals surface area contributed by atoms with Crippen molar-refractivity contribution in [2.75, 3.05) is 25.3 Å². The van der Waals surface area contributed by atoms with E-state index in [-0.39, 0.29) is 17.3 Å². The molecule has 0 aliphatic heterocycles. The van der Waals surface area contributed by atoms with Gasteiger partial charge in [-0.05, 0) is 42.5 Å². The van der Waals surface area contributed by atoms with Crippen molar-refractivity contribution in [3.63, 3.8) is 0 Å². The molecule has 33 heavy (non-hydrogen) atoms. The van der Waals surface area contributed by atoms with Crippen molar-refractivity contribution in [2.24, 2.45) is 0 Å². The van der Waals surface area contributed by atoms with Crippen molar-refractivity contribution in [3.8, 4) is 28.6 Å². The molecule has 0 atom stereocenters. The largest absolute Gasteiger partial charge is 0.493 e. The molecule has 0 fully saturated rings. The molecular weight excluding hydrogens is 443 g/mol. The minimum absolute atomic E-state index is 0.0330. The number of hydrogen-bond acceptors (Lipinski definition) is 6. The highest BCUT2D eigenvalue weighted by molar-refractivity contribution is 7.99. The first kappa shape index (κ1) is 22.3. The van der Waals surface area contributed by atoms with Crippen molar-refractivity contribution >= 4 is 23.4 Å². The number of aromatic nitrogens is 3. The Hall–Kier alpha value is -3.85. The van der Waals surface area contributed by atoms with Gasteiger partial charge in [-0.1, -0.05) is 42.1 Å². The quantitative estimate of drug-likeness (QED) is 0.377. The number of benzene rings is 3. The fourth-order valence-corrected chi connectivity index (χ4v) is 3.97. The first-order valence-corrected chi connectivity index (χ1v) is 11.0. The molecule has 0 bridgehead atoms. The Morgan fingerprint density at radius 3 is 2.42 bits per heavy atom. The zero-order valence-corrected chi connectivity index (χ0v) is 18.8. The summed E-state index contributed by atoms with van der Waals surface area (Å²) < 4.78 is 26.5. The molecule has 0 radical (unpaired) electrons. The smallest absolute Gasteiger partial charge is 0.234 e. The van der Waals surface area contributed by atoms with Gasteiger partial charge < -0.3 is 14.8 Å². The Kier molecular flexibility index (Phi) is 6.89. The third-order valence-electron chi connectivity index (χ3n) is 4.77. The van der Waals surface area contributed by atoms with Crippen LogP contribution in [0.1, 0.15) is 0 Å². The van der Waals surface area contributed by atoms with Crippen LogP contribution in [-0.4, -0.2) is 40.6 Å². The number of thioether (sulfide) groups is 1. The molecule has 1 aromatic heterocycles. The second-order valence-corrected chi connectivity index (χ2v) is 7.81. The molecule has 4 rings (SSSR count). The lowest BCUT2D eigenvalue weighted by molar-refractivity contribution is -0.113. The summed E-state index contributed by atoms with van der Waals surface area (Å²) in [5.41, 5.74) is 1.75. The zero-order chi connectivity index (χ0) is 23.2. The van der Waals surface area contributed by atoms with Gasteiger partial charge >= 0.3 is 0 Å². The maximum Gasteiger partial charge on any atom is 0.234 e. The summed E-state index contributed by atoms with van der Waals surface area (Å²) in [5.74, 6) is 0.951. The molecule has 1 amide bonds. The number of hydrogen-bond donors (Lipinski definition) is 1. The molecule has 0 saturated carbocycles. The number of para-hydroxylation sites is 2. The van der Waals surface area contributed by atoms with Gasteiger partial charge in [0.2, 0.25) is 5.91 Å². The van der Waals surface area contributed by atoms with E-state index in [4.69, 9.17) is 9.47 Å². The topological polar surface area (TPSA) is 78.3 Å². The Balaban J connectivity index is 1.63. The number of anilines is 1. The summed E-state index contributed by atoms with van der Waals surface area (Å²) in [6.45, 7) is 0. The van der Waals surface area contributed by atoms with Crippen LogP contribution in [0.5, 0.6) is 11.5 Å². The van der Waals surface area contributed by atoms with Gasteiger partial charge in [-0.15, -0.1) is 10.2 Å². The van der Waals surface area contributed by atoms with Crippen LogP contribution in [0.15, 0.2) is 78.0 Å². The summed E-state index contributed by atoms with van der Waals surface area (Å²) in [6.07, 6.45) is 0. The fraction of sp³-hybridized carbons (Fsp3) is 0.125. The van der Waals surface area contributed by atoms with Crippen LogP contribution >= 0.6 is 11.8 Å².